The van der Waals surface area contributed by atoms with E-state index in [0.29, 0.717) is 19.4 Å². The van der Waals surface area contributed by atoms with Crippen molar-refractivity contribution in [2.45, 2.75) is 12.8 Å². The standard InChI is InChI=1S/C14H17N3O5S/c18-13(17-6-1-3-10(9-17)14(19)20)11-4-2-5-16-7-8-23(21,22)15-12(11)16/h2,4-5,10H,1,3,6-9H2,(H,19,20). The number of aliphatic carboxylic acids is 1. The largest absolute Gasteiger partial charge is 0.481 e. The fourth-order valence-corrected chi connectivity index (χ4v) is 3.90. The fourth-order valence-electron chi connectivity index (χ4n) is 2.92. The molecule has 0 saturated carbocycles. The van der Waals surface area contributed by atoms with Crippen molar-refractivity contribution in [3.8, 4) is 0 Å². The normalized spacial score (nSPS) is 26.2. The highest BCUT2D eigenvalue weighted by atomic mass is 32.2. The van der Waals surface area contributed by atoms with E-state index in [1.165, 1.54) is 11.0 Å². The lowest BCUT2D eigenvalue weighted by Gasteiger charge is -2.34. The topological polar surface area (TPSA) is 107 Å². The van der Waals surface area contributed by atoms with Crippen LogP contribution in [0.1, 0.15) is 12.8 Å². The van der Waals surface area contributed by atoms with Gasteiger partial charge < -0.3 is 14.9 Å². The molecule has 1 fully saturated rings. The molecule has 0 aromatic rings. The zero-order valence-corrected chi connectivity index (χ0v) is 13.2. The van der Waals surface area contributed by atoms with Crippen molar-refractivity contribution >= 4 is 27.7 Å². The number of amidine groups is 1. The summed E-state index contributed by atoms with van der Waals surface area (Å²) in [5, 5.41) is 9.13. The summed E-state index contributed by atoms with van der Waals surface area (Å²) in [4.78, 5) is 27.0. The van der Waals surface area contributed by atoms with Gasteiger partial charge >= 0.3 is 5.97 Å². The molecule has 3 aliphatic heterocycles. The number of likely N-dealkylation sites (tertiary alicyclic amines) is 1. The number of allylic oxidation sites excluding steroid dienone is 2. The summed E-state index contributed by atoms with van der Waals surface area (Å²) < 4.78 is 27.2. The van der Waals surface area contributed by atoms with Gasteiger partial charge in [-0.3, -0.25) is 9.59 Å². The molecule has 0 radical (unpaired) electrons. The van der Waals surface area contributed by atoms with Gasteiger partial charge in [0.1, 0.15) is 0 Å². The number of fused-ring (bicyclic) bond motifs is 1. The maximum atomic E-state index is 12.7. The number of carbonyl (C=O) groups excluding carboxylic acids is 1. The summed E-state index contributed by atoms with van der Waals surface area (Å²) in [6.45, 7) is 0.846. The first kappa shape index (κ1) is 15.7. The molecule has 1 N–H and O–H groups in total. The van der Waals surface area contributed by atoms with Gasteiger partial charge in [-0.2, -0.15) is 0 Å². The first-order chi connectivity index (χ1) is 10.9. The number of carboxylic acids is 1. The van der Waals surface area contributed by atoms with Crippen molar-refractivity contribution in [1.82, 2.24) is 9.80 Å². The number of sulfonamides is 1. The molecular weight excluding hydrogens is 322 g/mol. The number of hydrogen-bond acceptors (Lipinski definition) is 5. The minimum absolute atomic E-state index is 0.0902. The third kappa shape index (κ3) is 3.14. The van der Waals surface area contributed by atoms with Gasteiger partial charge in [0.25, 0.3) is 15.9 Å². The van der Waals surface area contributed by atoms with E-state index in [1.807, 2.05) is 0 Å². The van der Waals surface area contributed by atoms with E-state index in [1.54, 1.807) is 17.2 Å². The molecule has 0 spiro atoms. The highest BCUT2D eigenvalue weighted by molar-refractivity contribution is 7.90. The average Bonchev–Trinajstić information content (AvgIpc) is 2.53. The minimum atomic E-state index is -3.57. The van der Waals surface area contributed by atoms with Gasteiger partial charge in [0.15, 0.2) is 5.84 Å². The van der Waals surface area contributed by atoms with Crippen LogP contribution >= 0.6 is 0 Å². The van der Waals surface area contributed by atoms with Crippen molar-refractivity contribution < 1.29 is 23.1 Å². The van der Waals surface area contributed by atoms with Crippen LogP contribution in [0.3, 0.4) is 0 Å². The summed E-state index contributed by atoms with van der Waals surface area (Å²) in [6.07, 6.45) is 6.03. The summed E-state index contributed by atoms with van der Waals surface area (Å²) >= 11 is 0. The number of amides is 1. The van der Waals surface area contributed by atoms with Crippen molar-refractivity contribution in [2.75, 3.05) is 25.4 Å². The van der Waals surface area contributed by atoms with Gasteiger partial charge in [0, 0.05) is 25.8 Å². The highest BCUT2D eigenvalue weighted by Crippen LogP contribution is 2.23. The quantitative estimate of drug-likeness (QED) is 0.747. The van der Waals surface area contributed by atoms with Crippen molar-refractivity contribution in [2.24, 2.45) is 10.3 Å². The van der Waals surface area contributed by atoms with Crippen molar-refractivity contribution in [1.29, 1.82) is 0 Å². The molecule has 1 unspecified atom stereocenters. The molecule has 0 aliphatic carbocycles. The molecule has 3 heterocycles. The molecule has 1 amide bonds. The molecule has 3 aliphatic rings. The molecular formula is C14H17N3O5S. The van der Waals surface area contributed by atoms with Gasteiger partial charge in [0.05, 0.1) is 17.2 Å². The van der Waals surface area contributed by atoms with Gasteiger partial charge in [0.2, 0.25) is 0 Å². The van der Waals surface area contributed by atoms with Crippen LogP contribution in [0.25, 0.3) is 0 Å². The lowest BCUT2D eigenvalue weighted by molar-refractivity contribution is -0.144. The van der Waals surface area contributed by atoms with Gasteiger partial charge in [-0.05, 0) is 25.0 Å². The number of carboxylic acid groups (broad SMARTS) is 1. The molecule has 23 heavy (non-hydrogen) atoms. The Balaban J connectivity index is 1.86. The van der Waals surface area contributed by atoms with E-state index in [-0.39, 0.29) is 36.2 Å². The number of rotatable bonds is 2. The van der Waals surface area contributed by atoms with E-state index < -0.39 is 21.9 Å². The maximum absolute atomic E-state index is 12.7. The Morgan fingerprint density at radius 3 is 2.83 bits per heavy atom. The monoisotopic (exact) mass is 339 g/mol. The van der Waals surface area contributed by atoms with Crippen LogP contribution in [0.15, 0.2) is 28.3 Å². The number of piperidine rings is 1. The van der Waals surface area contributed by atoms with Gasteiger partial charge in [-0.15, -0.1) is 4.40 Å². The zero-order chi connectivity index (χ0) is 16.6. The molecule has 8 nitrogen and oxygen atoms in total. The third-order valence-electron chi connectivity index (χ3n) is 4.15. The minimum Gasteiger partial charge on any atom is -0.481 e. The van der Waals surface area contributed by atoms with Crippen LogP contribution in [0.5, 0.6) is 0 Å². The SMILES string of the molecule is O=C(O)C1CCCN(C(=O)C2=CC=CN3CCS(=O)(=O)N=C23)C1. The Kier molecular flexibility index (Phi) is 3.97. The van der Waals surface area contributed by atoms with Gasteiger partial charge in [-0.25, -0.2) is 8.42 Å². The zero-order valence-electron chi connectivity index (χ0n) is 12.4. The maximum Gasteiger partial charge on any atom is 0.308 e. The predicted molar refractivity (Wildman–Crippen MR) is 82.1 cm³/mol. The Morgan fingerprint density at radius 1 is 1.30 bits per heavy atom. The molecule has 0 bridgehead atoms. The lowest BCUT2D eigenvalue weighted by Crippen LogP contribution is -2.47. The van der Waals surface area contributed by atoms with E-state index in [0.717, 1.165) is 0 Å². The van der Waals surface area contributed by atoms with E-state index in [9.17, 15) is 18.0 Å². The van der Waals surface area contributed by atoms with E-state index in [2.05, 4.69) is 4.40 Å². The summed E-state index contributed by atoms with van der Waals surface area (Å²) in [5.41, 5.74) is 0.196. The van der Waals surface area contributed by atoms with Gasteiger partial charge in [-0.1, -0.05) is 0 Å². The number of carbonyl (C=O) groups is 2. The molecule has 1 atom stereocenters. The first-order valence-corrected chi connectivity index (χ1v) is 8.98. The van der Waals surface area contributed by atoms with Crippen LogP contribution in [-0.4, -0.2) is 66.4 Å². The second-order valence-electron chi connectivity index (χ2n) is 5.74. The second kappa shape index (κ2) is 5.80. The van der Waals surface area contributed by atoms with Crippen LogP contribution in [0.4, 0.5) is 0 Å². The van der Waals surface area contributed by atoms with Crippen LogP contribution < -0.4 is 0 Å². The summed E-state index contributed by atoms with van der Waals surface area (Å²) in [5.74, 6) is -1.84. The van der Waals surface area contributed by atoms with Crippen LogP contribution in [0, 0.1) is 5.92 Å². The van der Waals surface area contributed by atoms with Crippen molar-refractivity contribution in [3.63, 3.8) is 0 Å². The van der Waals surface area contributed by atoms with Crippen LogP contribution in [0.2, 0.25) is 0 Å². The van der Waals surface area contributed by atoms with E-state index >= 15 is 0 Å². The molecule has 124 valence electrons. The Labute approximate surface area is 133 Å². The smallest absolute Gasteiger partial charge is 0.308 e. The van der Waals surface area contributed by atoms with Crippen LogP contribution in [-0.2, 0) is 19.6 Å². The Hall–Kier alpha value is -2.16. The summed E-state index contributed by atoms with van der Waals surface area (Å²) in [6, 6.07) is 0. The Morgan fingerprint density at radius 2 is 2.09 bits per heavy atom. The summed E-state index contributed by atoms with van der Waals surface area (Å²) in [7, 11) is -3.57. The average molecular weight is 339 g/mol. The molecule has 0 aromatic heterocycles. The first-order valence-electron chi connectivity index (χ1n) is 7.37. The second-order valence-corrected chi connectivity index (χ2v) is 7.50. The van der Waals surface area contributed by atoms with Crippen molar-refractivity contribution in [3.05, 3.63) is 23.9 Å². The molecule has 9 heteroatoms. The predicted octanol–water partition coefficient (Wildman–Crippen LogP) is -0.193. The lowest BCUT2D eigenvalue weighted by atomic mass is 9.97. The fraction of sp³-hybridized carbons (Fsp3) is 0.500. The third-order valence-corrected chi connectivity index (χ3v) is 5.30. The highest BCUT2D eigenvalue weighted by Gasteiger charge is 2.34. The van der Waals surface area contributed by atoms with E-state index in [4.69, 9.17) is 5.11 Å². The Bertz CT molecular complexity index is 738. The number of hydrogen-bond donors (Lipinski definition) is 1. The number of nitrogens with zero attached hydrogens (tertiary/aromatic N) is 3. The molecule has 0 aromatic carbocycles. The molecule has 1 saturated heterocycles. The molecule has 3 rings (SSSR count).